The Morgan fingerprint density at radius 2 is 1.93 bits per heavy atom. The number of rotatable bonds is 5. The maximum absolute atomic E-state index is 12.6. The molecule has 0 bridgehead atoms. The molecule has 2 heterocycles. The molecule has 9 heteroatoms. The average Bonchev–Trinajstić information content (AvgIpc) is 2.66. The molecule has 1 aromatic rings. The predicted molar refractivity (Wildman–Crippen MR) is 93.0 cm³/mol. The van der Waals surface area contributed by atoms with E-state index in [9.17, 15) is 18.0 Å². The minimum atomic E-state index is -4.76. The van der Waals surface area contributed by atoms with Crippen molar-refractivity contribution in [2.75, 3.05) is 32.9 Å². The van der Waals surface area contributed by atoms with Crippen LogP contribution in [0.5, 0.6) is 5.75 Å². The summed E-state index contributed by atoms with van der Waals surface area (Å²) in [5, 5.41) is 8.91. The standard InChI is InChI=1S/C19H24F3NO5/c20-19(21,22)28-15-3-1-14(2-4-15)17(25)23-8-6-18(7-9-23)13-16(5-11-27-18)26-12-10-24/h1-4,16,24H,5-13H2. The number of amides is 1. The predicted octanol–water partition coefficient (Wildman–Crippen LogP) is 2.75. The molecule has 1 unspecified atom stereocenters. The van der Waals surface area contributed by atoms with Crippen molar-refractivity contribution in [1.29, 1.82) is 0 Å². The van der Waals surface area contributed by atoms with Crippen LogP contribution in [-0.4, -0.2) is 66.9 Å². The van der Waals surface area contributed by atoms with Gasteiger partial charge in [0, 0.05) is 31.7 Å². The number of halogens is 3. The lowest BCUT2D eigenvalue weighted by atomic mass is 9.83. The molecule has 0 aromatic heterocycles. The number of benzene rings is 1. The third-order valence-electron chi connectivity index (χ3n) is 5.19. The number of aliphatic hydroxyl groups is 1. The first-order chi connectivity index (χ1) is 13.3. The molecular formula is C19H24F3NO5. The molecule has 0 radical (unpaired) electrons. The molecule has 2 saturated heterocycles. The Kier molecular flexibility index (Phi) is 6.47. The summed E-state index contributed by atoms with van der Waals surface area (Å²) in [7, 11) is 0. The van der Waals surface area contributed by atoms with Crippen molar-refractivity contribution >= 4 is 5.91 Å². The molecule has 156 valence electrons. The number of likely N-dealkylation sites (tertiary alicyclic amines) is 1. The van der Waals surface area contributed by atoms with Gasteiger partial charge in [0.2, 0.25) is 0 Å². The summed E-state index contributed by atoms with van der Waals surface area (Å²) in [6.07, 6.45) is -1.84. The van der Waals surface area contributed by atoms with E-state index in [-0.39, 0.29) is 30.0 Å². The van der Waals surface area contributed by atoms with Crippen molar-refractivity contribution < 1.29 is 37.3 Å². The molecule has 1 atom stereocenters. The van der Waals surface area contributed by atoms with E-state index in [4.69, 9.17) is 14.6 Å². The largest absolute Gasteiger partial charge is 0.573 e. The van der Waals surface area contributed by atoms with Gasteiger partial charge in [-0.15, -0.1) is 13.2 Å². The van der Waals surface area contributed by atoms with E-state index in [1.54, 1.807) is 4.90 Å². The number of carbonyl (C=O) groups excluding carboxylic acids is 1. The quantitative estimate of drug-likeness (QED) is 0.819. The number of alkyl halides is 3. The van der Waals surface area contributed by atoms with Crippen LogP contribution >= 0.6 is 0 Å². The highest BCUT2D eigenvalue weighted by atomic mass is 19.4. The molecule has 2 fully saturated rings. The Morgan fingerprint density at radius 1 is 1.25 bits per heavy atom. The van der Waals surface area contributed by atoms with Crippen LogP contribution in [0.1, 0.15) is 36.0 Å². The molecule has 0 saturated carbocycles. The van der Waals surface area contributed by atoms with E-state index in [1.165, 1.54) is 12.1 Å². The van der Waals surface area contributed by atoms with Crippen LogP contribution in [0, 0.1) is 0 Å². The van der Waals surface area contributed by atoms with Gasteiger partial charge in [-0.25, -0.2) is 0 Å². The summed E-state index contributed by atoms with van der Waals surface area (Å²) in [6, 6.07) is 4.95. The number of hydrogen-bond acceptors (Lipinski definition) is 5. The fourth-order valence-corrected chi connectivity index (χ4v) is 3.79. The number of piperidine rings is 1. The fourth-order valence-electron chi connectivity index (χ4n) is 3.79. The normalized spacial score (nSPS) is 22.3. The van der Waals surface area contributed by atoms with Crippen LogP contribution in [-0.2, 0) is 9.47 Å². The molecule has 1 N–H and O–H groups in total. The van der Waals surface area contributed by atoms with Crippen molar-refractivity contribution in [3.63, 3.8) is 0 Å². The van der Waals surface area contributed by atoms with Gasteiger partial charge < -0.3 is 24.2 Å². The molecule has 28 heavy (non-hydrogen) atoms. The van der Waals surface area contributed by atoms with Gasteiger partial charge in [0.1, 0.15) is 5.75 Å². The fraction of sp³-hybridized carbons (Fsp3) is 0.632. The lowest BCUT2D eigenvalue weighted by Gasteiger charge is -2.46. The zero-order valence-corrected chi connectivity index (χ0v) is 15.4. The summed E-state index contributed by atoms with van der Waals surface area (Å²) >= 11 is 0. The maximum atomic E-state index is 12.6. The number of carbonyl (C=O) groups is 1. The molecule has 6 nitrogen and oxygen atoms in total. The highest BCUT2D eigenvalue weighted by Gasteiger charge is 2.41. The first-order valence-electron chi connectivity index (χ1n) is 9.32. The third kappa shape index (κ3) is 5.36. The zero-order chi connectivity index (χ0) is 20.2. The number of aliphatic hydroxyl groups excluding tert-OH is 1. The highest BCUT2D eigenvalue weighted by molar-refractivity contribution is 5.94. The molecule has 1 aromatic carbocycles. The van der Waals surface area contributed by atoms with E-state index in [2.05, 4.69) is 4.74 Å². The average molecular weight is 403 g/mol. The summed E-state index contributed by atoms with van der Waals surface area (Å²) in [5.41, 5.74) is -0.00119. The SMILES string of the molecule is O=C(c1ccc(OC(F)(F)F)cc1)N1CCC2(CC1)CC(OCCO)CCO2. The second-order valence-corrected chi connectivity index (χ2v) is 7.11. The first-order valence-corrected chi connectivity index (χ1v) is 9.32. The van der Waals surface area contributed by atoms with Crippen LogP contribution in [0.25, 0.3) is 0 Å². The zero-order valence-electron chi connectivity index (χ0n) is 15.4. The summed E-state index contributed by atoms with van der Waals surface area (Å²) < 4.78 is 52.2. The van der Waals surface area contributed by atoms with Gasteiger partial charge in [-0.05, 0) is 43.5 Å². The Balaban J connectivity index is 1.55. The van der Waals surface area contributed by atoms with E-state index in [0.29, 0.717) is 44.7 Å². The Morgan fingerprint density at radius 3 is 2.54 bits per heavy atom. The Labute approximate surface area is 161 Å². The summed E-state index contributed by atoms with van der Waals surface area (Å²) in [4.78, 5) is 14.3. The van der Waals surface area contributed by atoms with Crippen molar-refractivity contribution in [2.45, 2.75) is 43.8 Å². The van der Waals surface area contributed by atoms with Crippen molar-refractivity contribution in [3.8, 4) is 5.75 Å². The second kappa shape index (κ2) is 8.67. The minimum absolute atomic E-state index is 0.0144. The Hall–Kier alpha value is -1.84. The molecule has 1 amide bonds. The van der Waals surface area contributed by atoms with Gasteiger partial charge in [-0.3, -0.25) is 4.79 Å². The number of hydrogen-bond donors (Lipinski definition) is 1. The minimum Gasteiger partial charge on any atom is -0.406 e. The lowest BCUT2D eigenvalue weighted by molar-refractivity contribution is -0.274. The molecule has 0 aliphatic carbocycles. The van der Waals surface area contributed by atoms with Gasteiger partial charge in [-0.1, -0.05) is 0 Å². The van der Waals surface area contributed by atoms with E-state index >= 15 is 0 Å². The lowest BCUT2D eigenvalue weighted by Crippen LogP contribution is -2.52. The number of nitrogens with zero attached hydrogens (tertiary/aromatic N) is 1. The van der Waals surface area contributed by atoms with Gasteiger partial charge in [0.25, 0.3) is 5.91 Å². The highest BCUT2D eigenvalue weighted by Crippen LogP contribution is 2.36. The molecule has 1 spiro atoms. The third-order valence-corrected chi connectivity index (χ3v) is 5.19. The van der Waals surface area contributed by atoms with Crippen LogP contribution < -0.4 is 4.74 Å². The van der Waals surface area contributed by atoms with Gasteiger partial charge in [0.05, 0.1) is 24.9 Å². The van der Waals surface area contributed by atoms with E-state index < -0.39 is 6.36 Å². The van der Waals surface area contributed by atoms with Gasteiger partial charge in [0.15, 0.2) is 0 Å². The number of ether oxygens (including phenoxy) is 3. The van der Waals surface area contributed by atoms with Crippen molar-refractivity contribution in [2.24, 2.45) is 0 Å². The Bertz CT molecular complexity index is 657. The van der Waals surface area contributed by atoms with E-state index in [0.717, 1.165) is 25.0 Å². The van der Waals surface area contributed by atoms with Crippen LogP contribution in [0.2, 0.25) is 0 Å². The molecular weight excluding hydrogens is 379 g/mol. The van der Waals surface area contributed by atoms with Crippen LogP contribution in [0.4, 0.5) is 13.2 Å². The topological polar surface area (TPSA) is 68.2 Å². The smallest absolute Gasteiger partial charge is 0.406 e. The van der Waals surface area contributed by atoms with Crippen LogP contribution in [0.15, 0.2) is 24.3 Å². The maximum Gasteiger partial charge on any atom is 0.573 e. The molecule has 2 aliphatic heterocycles. The monoisotopic (exact) mass is 403 g/mol. The molecule has 2 aliphatic rings. The second-order valence-electron chi connectivity index (χ2n) is 7.11. The van der Waals surface area contributed by atoms with E-state index in [1.807, 2.05) is 0 Å². The molecule has 3 rings (SSSR count). The van der Waals surface area contributed by atoms with Crippen LogP contribution in [0.3, 0.4) is 0 Å². The summed E-state index contributed by atoms with van der Waals surface area (Å²) in [5.74, 6) is -0.580. The van der Waals surface area contributed by atoms with Crippen molar-refractivity contribution in [3.05, 3.63) is 29.8 Å². The van der Waals surface area contributed by atoms with Gasteiger partial charge in [-0.2, -0.15) is 0 Å². The summed E-state index contributed by atoms with van der Waals surface area (Å²) in [6.45, 7) is 1.89. The van der Waals surface area contributed by atoms with Crippen molar-refractivity contribution in [1.82, 2.24) is 4.90 Å². The first kappa shape index (κ1) is 20.9. The van der Waals surface area contributed by atoms with Gasteiger partial charge >= 0.3 is 6.36 Å².